The van der Waals surface area contributed by atoms with Crippen molar-refractivity contribution in [1.82, 2.24) is 0 Å². The molecule has 1 aromatic carbocycles. The highest BCUT2D eigenvalue weighted by Gasteiger charge is 2.11. The zero-order valence-electron chi connectivity index (χ0n) is 11.7. The molecule has 0 heterocycles. The minimum absolute atomic E-state index is 0.469. The van der Waals surface area contributed by atoms with Gasteiger partial charge in [0.1, 0.15) is 4.99 Å². The van der Waals surface area contributed by atoms with Gasteiger partial charge in [0.05, 0.1) is 0 Å². The summed E-state index contributed by atoms with van der Waals surface area (Å²) in [6.07, 6.45) is 2.13. The second kappa shape index (κ2) is 8.72. The Balaban J connectivity index is 2.87. The number of benzene rings is 1. The Bertz CT molecular complexity index is 421. The fraction of sp³-hybridized carbons (Fsp3) is 0.500. The third kappa shape index (κ3) is 5.24. The van der Waals surface area contributed by atoms with Crippen LogP contribution in [0.25, 0.3) is 0 Å². The Kier molecular flexibility index (Phi) is 7.64. The molecule has 0 aliphatic heterocycles. The van der Waals surface area contributed by atoms with Crippen molar-refractivity contribution in [2.75, 3.05) is 29.6 Å². The molecule has 0 saturated carbocycles. The Labute approximate surface area is 130 Å². The summed E-state index contributed by atoms with van der Waals surface area (Å²) < 4.78 is 0. The van der Waals surface area contributed by atoms with Gasteiger partial charge in [-0.2, -0.15) is 11.8 Å². The normalized spacial score (nSPS) is 12.2. The lowest BCUT2D eigenvalue weighted by atomic mass is 10.1. The van der Waals surface area contributed by atoms with E-state index < -0.39 is 0 Å². The molecule has 0 fully saturated rings. The van der Waals surface area contributed by atoms with Crippen LogP contribution in [0, 0.1) is 5.92 Å². The molecular weight excluding hydrogens is 292 g/mol. The summed E-state index contributed by atoms with van der Waals surface area (Å²) in [6, 6.07) is 6.19. The van der Waals surface area contributed by atoms with E-state index in [1.54, 1.807) is 11.8 Å². The Morgan fingerprint density at radius 1 is 1.47 bits per heavy atom. The molecule has 0 bridgehead atoms. The molecule has 3 N–H and O–H groups in total. The van der Waals surface area contributed by atoms with Crippen molar-refractivity contribution in [2.45, 2.75) is 18.7 Å². The maximum absolute atomic E-state index is 5.88. The molecule has 0 saturated heterocycles. The Morgan fingerprint density at radius 3 is 2.79 bits per heavy atom. The number of rotatable bonds is 8. The number of hydrogen-bond donors (Lipinski definition) is 2. The van der Waals surface area contributed by atoms with Gasteiger partial charge in [0.25, 0.3) is 0 Å². The van der Waals surface area contributed by atoms with E-state index in [4.69, 9.17) is 18.0 Å². The van der Waals surface area contributed by atoms with Gasteiger partial charge in [-0.3, -0.25) is 0 Å². The first-order chi connectivity index (χ1) is 9.10. The molecule has 0 spiro atoms. The predicted octanol–water partition coefficient (Wildman–Crippen LogP) is 3.84. The molecule has 0 amide bonds. The lowest BCUT2D eigenvalue weighted by Crippen LogP contribution is -2.18. The molecule has 0 aromatic heterocycles. The van der Waals surface area contributed by atoms with Crippen LogP contribution in [0.15, 0.2) is 23.1 Å². The van der Waals surface area contributed by atoms with Gasteiger partial charge in [-0.15, -0.1) is 11.8 Å². The van der Waals surface area contributed by atoms with Crippen molar-refractivity contribution in [3.63, 3.8) is 0 Å². The Hall–Kier alpha value is -0.390. The van der Waals surface area contributed by atoms with Crippen LogP contribution >= 0.6 is 35.7 Å². The molecule has 1 rings (SSSR count). The fourth-order valence-corrected chi connectivity index (χ4v) is 3.66. The maximum Gasteiger partial charge on any atom is 0.107 e. The molecule has 0 aliphatic carbocycles. The lowest BCUT2D eigenvalue weighted by Gasteiger charge is -2.17. The Morgan fingerprint density at radius 2 is 2.21 bits per heavy atom. The number of nitrogens with two attached hydrogens (primary N) is 1. The summed E-state index contributed by atoms with van der Waals surface area (Å²) in [6.45, 7) is 5.32. The van der Waals surface area contributed by atoms with Crippen LogP contribution in [0.5, 0.6) is 0 Å². The predicted molar refractivity (Wildman–Crippen MR) is 94.8 cm³/mol. The number of nitrogens with one attached hydrogen (secondary N) is 1. The van der Waals surface area contributed by atoms with Gasteiger partial charge >= 0.3 is 0 Å². The van der Waals surface area contributed by atoms with E-state index in [9.17, 15) is 0 Å². The van der Waals surface area contributed by atoms with Crippen LogP contribution in [-0.4, -0.2) is 29.3 Å². The monoisotopic (exact) mass is 314 g/mol. The van der Waals surface area contributed by atoms with Crippen LogP contribution < -0.4 is 11.1 Å². The van der Waals surface area contributed by atoms with Gasteiger partial charge in [0, 0.05) is 22.7 Å². The number of anilines is 1. The van der Waals surface area contributed by atoms with E-state index in [1.165, 1.54) is 0 Å². The molecule has 0 radical (unpaired) electrons. The molecule has 0 aliphatic rings. The fourth-order valence-electron chi connectivity index (χ4n) is 1.84. The summed E-state index contributed by atoms with van der Waals surface area (Å²) >= 11 is 8.85. The maximum atomic E-state index is 5.88. The quantitative estimate of drug-likeness (QED) is 0.563. The van der Waals surface area contributed by atoms with Crippen molar-refractivity contribution >= 4 is 46.4 Å². The lowest BCUT2D eigenvalue weighted by molar-refractivity contribution is 0.701. The first-order valence-electron chi connectivity index (χ1n) is 6.38. The van der Waals surface area contributed by atoms with Crippen molar-refractivity contribution in [2.24, 2.45) is 11.7 Å². The van der Waals surface area contributed by atoms with Crippen LogP contribution in [-0.2, 0) is 0 Å². The first-order valence-corrected chi connectivity index (χ1v) is 9.17. The van der Waals surface area contributed by atoms with E-state index in [0.717, 1.165) is 34.2 Å². The standard InChI is InChI=1S/C14H22N2S3/c1-4-19-12-7-5-6-11(13(12)14(15)17)16-8-10(2)9-18-3/h5-7,10,16H,4,8-9H2,1-3H3,(H2,15,17). The van der Waals surface area contributed by atoms with Crippen LogP contribution in [0.3, 0.4) is 0 Å². The van der Waals surface area contributed by atoms with Gasteiger partial charge in [0.15, 0.2) is 0 Å². The summed E-state index contributed by atoms with van der Waals surface area (Å²) in [5, 5.41) is 3.48. The van der Waals surface area contributed by atoms with Crippen LogP contribution in [0.4, 0.5) is 5.69 Å². The van der Waals surface area contributed by atoms with E-state index in [2.05, 4.69) is 43.6 Å². The van der Waals surface area contributed by atoms with Gasteiger partial charge in [0.2, 0.25) is 0 Å². The smallest absolute Gasteiger partial charge is 0.107 e. The molecule has 1 aromatic rings. The SMILES string of the molecule is CCSc1cccc(NCC(C)CSC)c1C(N)=S. The third-order valence-corrected chi connectivity index (χ3v) is 4.71. The van der Waals surface area contributed by atoms with Crippen molar-refractivity contribution in [1.29, 1.82) is 0 Å². The van der Waals surface area contributed by atoms with Crippen molar-refractivity contribution in [3.05, 3.63) is 23.8 Å². The number of thiocarbonyl (C=S) groups is 1. The highest BCUT2D eigenvalue weighted by molar-refractivity contribution is 7.99. The molecule has 106 valence electrons. The van der Waals surface area contributed by atoms with Crippen LogP contribution in [0.1, 0.15) is 19.4 Å². The van der Waals surface area contributed by atoms with Gasteiger partial charge < -0.3 is 11.1 Å². The zero-order valence-corrected chi connectivity index (χ0v) is 14.2. The topological polar surface area (TPSA) is 38.0 Å². The summed E-state index contributed by atoms with van der Waals surface area (Å²) in [5.74, 6) is 2.79. The molecule has 5 heteroatoms. The molecule has 2 nitrogen and oxygen atoms in total. The molecular formula is C14H22N2S3. The third-order valence-electron chi connectivity index (χ3n) is 2.66. The highest BCUT2D eigenvalue weighted by Crippen LogP contribution is 2.28. The minimum Gasteiger partial charge on any atom is -0.389 e. The molecule has 19 heavy (non-hydrogen) atoms. The molecule has 1 unspecified atom stereocenters. The van der Waals surface area contributed by atoms with E-state index >= 15 is 0 Å². The first kappa shape index (κ1) is 16.7. The van der Waals surface area contributed by atoms with Crippen molar-refractivity contribution in [3.8, 4) is 0 Å². The van der Waals surface area contributed by atoms with Gasteiger partial charge in [-0.1, -0.05) is 32.1 Å². The number of thioether (sulfide) groups is 2. The summed E-state index contributed by atoms with van der Waals surface area (Å²) in [4.78, 5) is 1.63. The average Bonchev–Trinajstić information content (AvgIpc) is 2.37. The van der Waals surface area contributed by atoms with E-state index in [-0.39, 0.29) is 0 Å². The highest BCUT2D eigenvalue weighted by atomic mass is 32.2. The van der Waals surface area contributed by atoms with Gasteiger partial charge in [-0.25, -0.2) is 0 Å². The van der Waals surface area contributed by atoms with E-state index in [1.807, 2.05) is 11.8 Å². The second-order valence-electron chi connectivity index (χ2n) is 4.42. The van der Waals surface area contributed by atoms with Crippen LogP contribution in [0.2, 0.25) is 0 Å². The van der Waals surface area contributed by atoms with Crippen molar-refractivity contribution < 1.29 is 0 Å². The summed E-state index contributed by atoms with van der Waals surface area (Å²) in [7, 11) is 0. The van der Waals surface area contributed by atoms with E-state index in [0.29, 0.717) is 10.9 Å². The minimum atomic E-state index is 0.469. The largest absolute Gasteiger partial charge is 0.389 e. The number of hydrogen-bond acceptors (Lipinski definition) is 4. The second-order valence-corrected chi connectivity index (χ2v) is 7.07. The van der Waals surface area contributed by atoms with Gasteiger partial charge in [-0.05, 0) is 35.8 Å². The molecule has 1 atom stereocenters. The average molecular weight is 315 g/mol. The summed E-state index contributed by atoms with van der Waals surface area (Å²) in [5.41, 5.74) is 7.93. The zero-order chi connectivity index (χ0) is 14.3.